The molecule has 1 atom stereocenters. The van der Waals surface area contributed by atoms with Gasteiger partial charge in [-0.1, -0.05) is 29.8 Å². The Morgan fingerprint density at radius 2 is 2.12 bits per heavy atom. The molecule has 0 unspecified atom stereocenters. The molecule has 0 spiro atoms. The molecule has 1 saturated heterocycles. The van der Waals surface area contributed by atoms with Crippen LogP contribution in [0, 0.1) is 0 Å². The summed E-state index contributed by atoms with van der Waals surface area (Å²) in [5.41, 5.74) is 1.05. The Morgan fingerprint density at radius 1 is 1.20 bits per heavy atom. The van der Waals surface area contributed by atoms with Crippen LogP contribution in [0.15, 0.2) is 53.5 Å². The van der Waals surface area contributed by atoms with Crippen LogP contribution in [0.25, 0.3) is 0 Å². The van der Waals surface area contributed by atoms with Crippen LogP contribution in [0.4, 0.5) is 5.82 Å². The standard InChI is InChI=1S/C19H19ClN4O/c20-17-6-2-1-4-14(17)10-16-11-22-19(25-16)15-5-3-9-24(12-15)18-7-8-21-13-23-18/h1-2,4,6-8,11,13,15H,3,5,9-10,12H2/t15-/m1/s1. The van der Waals surface area contributed by atoms with E-state index in [0.29, 0.717) is 6.42 Å². The normalized spacial score (nSPS) is 17.6. The Bertz CT molecular complexity index is 836. The van der Waals surface area contributed by atoms with Crippen LogP contribution in [0.5, 0.6) is 0 Å². The zero-order valence-corrected chi connectivity index (χ0v) is 14.6. The van der Waals surface area contributed by atoms with Crippen molar-refractivity contribution in [2.45, 2.75) is 25.2 Å². The third-order valence-corrected chi connectivity index (χ3v) is 4.92. The lowest BCUT2D eigenvalue weighted by Crippen LogP contribution is -2.35. The van der Waals surface area contributed by atoms with Crippen LogP contribution < -0.4 is 4.90 Å². The highest BCUT2D eigenvalue weighted by atomic mass is 35.5. The lowest BCUT2D eigenvalue weighted by atomic mass is 9.98. The zero-order chi connectivity index (χ0) is 17.1. The summed E-state index contributed by atoms with van der Waals surface area (Å²) < 4.78 is 6.04. The van der Waals surface area contributed by atoms with E-state index >= 15 is 0 Å². The maximum absolute atomic E-state index is 6.24. The summed E-state index contributed by atoms with van der Waals surface area (Å²) in [5, 5.41) is 0.757. The first-order chi connectivity index (χ1) is 12.3. The van der Waals surface area contributed by atoms with E-state index in [1.54, 1.807) is 12.5 Å². The molecule has 128 valence electrons. The van der Waals surface area contributed by atoms with Gasteiger partial charge in [-0.2, -0.15) is 0 Å². The molecule has 1 aliphatic rings. The van der Waals surface area contributed by atoms with Gasteiger partial charge in [-0.3, -0.25) is 0 Å². The second-order valence-corrected chi connectivity index (χ2v) is 6.69. The summed E-state index contributed by atoms with van der Waals surface area (Å²) in [6.07, 6.45) is 8.02. The highest BCUT2D eigenvalue weighted by Crippen LogP contribution is 2.29. The average molecular weight is 355 g/mol. The highest BCUT2D eigenvalue weighted by Gasteiger charge is 2.26. The first kappa shape index (κ1) is 16.1. The van der Waals surface area contributed by atoms with Crippen molar-refractivity contribution in [1.29, 1.82) is 0 Å². The van der Waals surface area contributed by atoms with Gasteiger partial charge in [-0.15, -0.1) is 0 Å². The molecule has 0 saturated carbocycles. The van der Waals surface area contributed by atoms with Gasteiger partial charge in [0.25, 0.3) is 0 Å². The molecule has 0 aliphatic carbocycles. The Balaban J connectivity index is 1.47. The predicted molar refractivity (Wildman–Crippen MR) is 97.0 cm³/mol. The maximum Gasteiger partial charge on any atom is 0.199 e. The van der Waals surface area contributed by atoms with E-state index in [1.165, 1.54) is 0 Å². The van der Waals surface area contributed by atoms with E-state index in [2.05, 4.69) is 19.9 Å². The number of piperidine rings is 1. The fourth-order valence-corrected chi connectivity index (χ4v) is 3.48. The third kappa shape index (κ3) is 3.66. The van der Waals surface area contributed by atoms with Crippen LogP contribution in [0.3, 0.4) is 0 Å². The molecule has 0 amide bonds. The molecular formula is C19H19ClN4O. The van der Waals surface area contributed by atoms with Gasteiger partial charge in [0.15, 0.2) is 5.89 Å². The number of benzene rings is 1. The Kier molecular flexibility index (Phi) is 4.65. The van der Waals surface area contributed by atoms with Crippen molar-refractivity contribution in [3.63, 3.8) is 0 Å². The first-order valence-corrected chi connectivity index (χ1v) is 8.86. The molecule has 0 radical (unpaired) electrons. The van der Waals surface area contributed by atoms with Gasteiger partial charge in [0.05, 0.1) is 12.1 Å². The number of oxazole rings is 1. The zero-order valence-electron chi connectivity index (χ0n) is 13.8. The summed E-state index contributed by atoms with van der Waals surface area (Å²) in [4.78, 5) is 15.1. The van der Waals surface area contributed by atoms with Gasteiger partial charge in [-0.05, 0) is 30.5 Å². The quantitative estimate of drug-likeness (QED) is 0.706. The van der Waals surface area contributed by atoms with Gasteiger partial charge in [0.2, 0.25) is 0 Å². The number of aromatic nitrogens is 3. The van der Waals surface area contributed by atoms with Crippen LogP contribution in [-0.4, -0.2) is 28.0 Å². The van der Waals surface area contributed by atoms with E-state index in [0.717, 1.165) is 54.0 Å². The second-order valence-electron chi connectivity index (χ2n) is 6.29. The molecule has 0 N–H and O–H groups in total. The van der Waals surface area contributed by atoms with Crippen LogP contribution in [0.1, 0.15) is 36.0 Å². The van der Waals surface area contributed by atoms with Crippen LogP contribution >= 0.6 is 11.6 Å². The third-order valence-electron chi connectivity index (χ3n) is 4.55. The Morgan fingerprint density at radius 3 is 2.96 bits per heavy atom. The van der Waals surface area contributed by atoms with Crippen molar-refractivity contribution in [1.82, 2.24) is 15.0 Å². The molecule has 25 heavy (non-hydrogen) atoms. The lowest BCUT2D eigenvalue weighted by molar-refractivity contribution is 0.384. The van der Waals surface area contributed by atoms with Gasteiger partial charge in [0.1, 0.15) is 17.9 Å². The van der Waals surface area contributed by atoms with E-state index in [-0.39, 0.29) is 5.92 Å². The largest absolute Gasteiger partial charge is 0.445 e. The summed E-state index contributed by atoms with van der Waals surface area (Å²) in [6, 6.07) is 9.78. The molecule has 6 heteroatoms. The highest BCUT2D eigenvalue weighted by molar-refractivity contribution is 6.31. The van der Waals surface area contributed by atoms with Crippen molar-refractivity contribution in [2.24, 2.45) is 0 Å². The van der Waals surface area contributed by atoms with Crippen LogP contribution in [0.2, 0.25) is 5.02 Å². The molecule has 1 aromatic carbocycles. The van der Waals surface area contributed by atoms with Gasteiger partial charge in [-0.25, -0.2) is 15.0 Å². The number of anilines is 1. The molecule has 1 fully saturated rings. The number of hydrogen-bond donors (Lipinski definition) is 0. The number of rotatable bonds is 4. The Labute approximate surface area is 151 Å². The van der Waals surface area contributed by atoms with Crippen molar-refractivity contribution < 1.29 is 4.42 Å². The van der Waals surface area contributed by atoms with E-state index < -0.39 is 0 Å². The Hall–Kier alpha value is -2.40. The molecule has 0 bridgehead atoms. The number of nitrogens with zero attached hydrogens (tertiary/aromatic N) is 4. The SMILES string of the molecule is Clc1ccccc1Cc1cnc([C@@H]2CCCN(c3ccncn3)C2)o1. The molecule has 4 rings (SSSR count). The van der Waals surface area contributed by atoms with Crippen molar-refractivity contribution >= 4 is 17.4 Å². The number of halogens is 1. The predicted octanol–water partition coefficient (Wildman–Crippen LogP) is 4.09. The van der Waals surface area contributed by atoms with Crippen LogP contribution in [-0.2, 0) is 6.42 Å². The van der Waals surface area contributed by atoms with E-state index in [4.69, 9.17) is 16.0 Å². The summed E-state index contributed by atoms with van der Waals surface area (Å²) in [7, 11) is 0. The summed E-state index contributed by atoms with van der Waals surface area (Å²) in [6.45, 7) is 1.86. The minimum Gasteiger partial charge on any atom is -0.445 e. The maximum atomic E-state index is 6.24. The van der Waals surface area contributed by atoms with E-state index in [9.17, 15) is 0 Å². The topological polar surface area (TPSA) is 55.1 Å². The fourth-order valence-electron chi connectivity index (χ4n) is 3.28. The van der Waals surface area contributed by atoms with E-state index in [1.807, 2.05) is 36.5 Å². The van der Waals surface area contributed by atoms with Gasteiger partial charge < -0.3 is 9.32 Å². The molecule has 1 aliphatic heterocycles. The fraction of sp³-hybridized carbons (Fsp3) is 0.316. The van der Waals surface area contributed by atoms with Crippen molar-refractivity contribution in [3.8, 4) is 0 Å². The number of hydrogen-bond acceptors (Lipinski definition) is 5. The average Bonchev–Trinajstić information content (AvgIpc) is 3.13. The minimum absolute atomic E-state index is 0.281. The monoisotopic (exact) mass is 354 g/mol. The summed E-state index contributed by atoms with van der Waals surface area (Å²) in [5.74, 6) is 2.90. The second kappa shape index (κ2) is 7.23. The van der Waals surface area contributed by atoms with Gasteiger partial charge in [0, 0.05) is 30.7 Å². The smallest absolute Gasteiger partial charge is 0.199 e. The summed E-state index contributed by atoms with van der Waals surface area (Å²) >= 11 is 6.24. The van der Waals surface area contributed by atoms with Crippen molar-refractivity contribution in [3.05, 3.63) is 71.3 Å². The molecule has 5 nitrogen and oxygen atoms in total. The first-order valence-electron chi connectivity index (χ1n) is 8.48. The minimum atomic E-state index is 0.281. The molecule has 3 heterocycles. The lowest BCUT2D eigenvalue weighted by Gasteiger charge is -2.31. The van der Waals surface area contributed by atoms with Gasteiger partial charge >= 0.3 is 0 Å². The molecule has 3 aromatic rings. The molecule has 2 aromatic heterocycles. The molecular weight excluding hydrogens is 336 g/mol. The van der Waals surface area contributed by atoms with Crippen molar-refractivity contribution in [2.75, 3.05) is 18.0 Å².